The monoisotopic (exact) mass is 650 g/mol. The molecular weight excluding hydrogens is 616 g/mol. The number of fused-ring (bicyclic) bond motifs is 2. The molecule has 0 aromatic heterocycles. The topological polar surface area (TPSA) is 128 Å². The number of hydrogen-bond acceptors (Lipinski definition) is 6. The van der Waals surface area contributed by atoms with Crippen LogP contribution in [0.5, 0.6) is 5.75 Å². The standard InChI is InChI=1S/C33H35ClN4O6S/c1-21-18-38(22(2)20-39)32(40)28-17-25(35-33(41)36-29-10-6-8-23-7-4-5-9-27(23)29)13-16-30(28)44-31(21)19-37(3)45(42,43)26-14-11-24(34)12-15-26/h4-17,21-22,31,39H,18-20H2,1-3H3,(H2,35,36,41)/t21-,22+,31-/m1/s1. The van der Waals surface area contributed by atoms with Crippen LogP contribution in [0.25, 0.3) is 10.8 Å². The zero-order valence-electron chi connectivity index (χ0n) is 25.1. The maximum Gasteiger partial charge on any atom is 0.323 e. The summed E-state index contributed by atoms with van der Waals surface area (Å²) in [5, 5.41) is 17.9. The molecule has 3 N–H and O–H groups in total. The van der Waals surface area contributed by atoms with Gasteiger partial charge in [-0.1, -0.05) is 54.9 Å². The van der Waals surface area contributed by atoms with E-state index in [4.69, 9.17) is 16.3 Å². The van der Waals surface area contributed by atoms with E-state index in [0.717, 1.165) is 10.8 Å². The van der Waals surface area contributed by atoms with Gasteiger partial charge in [0.05, 0.1) is 35.3 Å². The Labute approximate surface area is 267 Å². The van der Waals surface area contributed by atoms with Crippen molar-refractivity contribution in [1.82, 2.24) is 9.21 Å². The third-order valence-electron chi connectivity index (χ3n) is 7.92. The van der Waals surface area contributed by atoms with Gasteiger partial charge in [0.15, 0.2) is 0 Å². The Morgan fingerprint density at radius 2 is 1.78 bits per heavy atom. The lowest BCUT2D eigenvalue weighted by Crippen LogP contribution is -2.50. The summed E-state index contributed by atoms with van der Waals surface area (Å²) in [5.74, 6) is -0.440. The zero-order valence-corrected chi connectivity index (χ0v) is 26.7. The fraction of sp³-hybridized carbons (Fsp3) is 0.273. The van der Waals surface area contributed by atoms with E-state index >= 15 is 0 Å². The molecule has 0 radical (unpaired) electrons. The van der Waals surface area contributed by atoms with Crippen molar-refractivity contribution in [3.8, 4) is 5.75 Å². The predicted molar refractivity (Wildman–Crippen MR) is 175 cm³/mol. The molecule has 4 aromatic carbocycles. The van der Waals surface area contributed by atoms with Gasteiger partial charge in [-0.05, 0) is 60.8 Å². The van der Waals surface area contributed by atoms with Crippen molar-refractivity contribution in [1.29, 1.82) is 0 Å². The maximum absolute atomic E-state index is 13.8. The molecule has 1 aliphatic rings. The lowest BCUT2D eigenvalue weighted by molar-refractivity contribution is 0.0387. The molecule has 3 amide bonds. The van der Waals surface area contributed by atoms with Gasteiger partial charge in [0.25, 0.3) is 5.91 Å². The number of anilines is 2. The SMILES string of the molecule is C[C@@H]1CN([C@@H](C)CO)C(=O)c2cc(NC(=O)Nc3cccc4ccccc34)ccc2O[C@@H]1CN(C)S(=O)(=O)c1ccc(Cl)cc1. The summed E-state index contributed by atoms with van der Waals surface area (Å²) in [4.78, 5) is 28.5. The minimum Gasteiger partial charge on any atom is -0.488 e. The van der Waals surface area contributed by atoms with Gasteiger partial charge in [0, 0.05) is 35.6 Å². The van der Waals surface area contributed by atoms with Crippen LogP contribution in [0.4, 0.5) is 16.2 Å². The number of rotatable bonds is 8. The number of aliphatic hydroxyl groups is 1. The number of likely N-dealkylation sites (N-methyl/N-ethyl adjacent to an activating group) is 1. The number of nitrogens with zero attached hydrogens (tertiary/aromatic N) is 2. The molecule has 0 saturated heterocycles. The number of sulfonamides is 1. The van der Waals surface area contributed by atoms with Crippen LogP contribution in [0.3, 0.4) is 0 Å². The third kappa shape index (κ3) is 7.07. The van der Waals surface area contributed by atoms with E-state index in [-0.39, 0.29) is 47.7 Å². The second kappa shape index (κ2) is 13.5. The van der Waals surface area contributed by atoms with Crippen molar-refractivity contribution in [2.75, 3.05) is 37.4 Å². The molecule has 5 rings (SSSR count). The Balaban J connectivity index is 1.41. The second-order valence-corrected chi connectivity index (χ2v) is 13.7. The molecule has 45 heavy (non-hydrogen) atoms. The number of hydrogen-bond donors (Lipinski definition) is 3. The first-order valence-corrected chi connectivity index (χ1v) is 16.3. The Morgan fingerprint density at radius 1 is 1.07 bits per heavy atom. The van der Waals surface area contributed by atoms with E-state index in [9.17, 15) is 23.1 Å². The molecule has 12 heteroatoms. The molecule has 236 valence electrons. The first-order valence-electron chi connectivity index (χ1n) is 14.5. The molecule has 0 bridgehead atoms. The molecule has 0 aliphatic carbocycles. The van der Waals surface area contributed by atoms with E-state index < -0.39 is 28.2 Å². The van der Waals surface area contributed by atoms with E-state index in [1.807, 2.05) is 43.3 Å². The molecular formula is C33H35ClN4O6S. The smallest absolute Gasteiger partial charge is 0.323 e. The second-order valence-electron chi connectivity index (χ2n) is 11.2. The van der Waals surface area contributed by atoms with Crippen LogP contribution in [0.1, 0.15) is 24.2 Å². The Bertz CT molecular complexity index is 1810. The molecule has 0 unspecified atom stereocenters. The van der Waals surface area contributed by atoms with Gasteiger partial charge >= 0.3 is 6.03 Å². The highest BCUT2D eigenvalue weighted by molar-refractivity contribution is 7.89. The number of halogens is 1. The summed E-state index contributed by atoms with van der Waals surface area (Å²) < 4.78 is 34.2. The summed E-state index contributed by atoms with van der Waals surface area (Å²) >= 11 is 5.95. The predicted octanol–water partition coefficient (Wildman–Crippen LogP) is 5.68. The highest BCUT2D eigenvalue weighted by atomic mass is 35.5. The summed E-state index contributed by atoms with van der Waals surface area (Å²) in [6.07, 6.45) is -0.647. The molecule has 0 saturated carbocycles. The quantitative estimate of drug-likeness (QED) is 0.225. The number of ether oxygens (including phenoxy) is 1. The number of amides is 3. The number of aliphatic hydroxyl groups excluding tert-OH is 1. The number of benzene rings is 4. The van der Waals surface area contributed by atoms with Crippen molar-refractivity contribution >= 4 is 55.7 Å². The Kier molecular flexibility index (Phi) is 9.64. The van der Waals surface area contributed by atoms with E-state index in [2.05, 4.69) is 10.6 Å². The molecule has 10 nitrogen and oxygen atoms in total. The van der Waals surface area contributed by atoms with Crippen molar-refractivity contribution in [2.45, 2.75) is 30.9 Å². The molecule has 0 spiro atoms. The first kappa shape index (κ1) is 32.2. The number of carbonyl (C=O) groups is 2. The summed E-state index contributed by atoms with van der Waals surface area (Å²) in [6, 6.07) is 22.9. The van der Waals surface area contributed by atoms with E-state index in [1.54, 1.807) is 30.0 Å². The van der Waals surface area contributed by atoms with Gasteiger partial charge in [-0.25, -0.2) is 13.2 Å². The Morgan fingerprint density at radius 3 is 2.51 bits per heavy atom. The van der Waals surface area contributed by atoms with Crippen molar-refractivity contribution in [3.63, 3.8) is 0 Å². The van der Waals surface area contributed by atoms with Crippen LogP contribution in [0.15, 0.2) is 89.8 Å². The minimum absolute atomic E-state index is 0.00541. The number of nitrogens with one attached hydrogen (secondary N) is 2. The van der Waals surface area contributed by atoms with Crippen LogP contribution in [0.2, 0.25) is 5.02 Å². The van der Waals surface area contributed by atoms with Gasteiger partial charge in [0.1, 0.15) is 11.9 Å². The molecule has 3 atom stereocenters. The van der Waals surface area contributed by atoms with Crippen LogP contribution in [-0.2, 0) is 10.0 Å². The normalized spacial score (nSPS) is 17.6. The van der Waals surface area contributed by atoms with Crippen LogP contribution >= 0.6 is 11.6 Å². The van der Waals surface area contributed by atoms with Crippen LogP contribution < -0.4 is 15.4 Å². The number of carbonyl (C=O) groups excluding carboxylic acids is 2. The highest BCUT2D eigenvalue weighted by Gasteiger charge is 2.35. The largest absolute Gasteiger partial charge is 0.488 e. The van der Waals surface area contributed by atoms with E-state index in [0.29, 0.717) is 16.4 Å². The van der Waals surface area contributed by atoms with Gasteiger partial charge in [-0.3, -0.25) is 4.79 Å². The van der Waals surface area contributed by atoms with Crippen LogP contribution in [0, 0.1) is 5.92 Å². The maximum atomic E-state index is 13.8. The lowest BCUT2D eigenvalue weighted by Gasteiger charge is -2.38. The van der Waals surface area contributed by atoms with Crippen molar-refractivity contribution < 1.29 is 27.9 Å². The number of urea groups is 1. The third-order valence-corrected chi connectivity index (χ3v) is 10.0. The van der Waals surface area contributed by atoms with Crippen molar-refractivity contribution in [3.05, 3.63) is 95.5 Å². The fourth-order valence-electron chi connectivity index (χ4n) is 5.28. The summed E-state index contributed by atoms with van der Waals surface area (Å²) in [7, 11) is -2.39. The van der Waals surface area contributed by atoms with Crippen LogP contribution in [-0.4, -0.2) is 73.6 Å². The molecule has 1 aliphatic heterocycles. The molecule has 1 heterocycles. The minimum atomic E-state index is -3.86. The fourth-order valence-corrected chi connectivity index (χ4v) is 6.58. The highest BCUT2D eigenvalue weighted by Crippen LogP contribution is 2.32. The average Bonchev–Trinajstić information content (AvgIpc) is 3.03. The summed E-state index contributed by atoms with van der Waals surface area (Å²) in [6.45, 7) is 3.54. The molecule has 0 fully saturated rings. The van der Waals surface area contributed by atoms with Crippen molar-refractivity contribution in [2.24, 2.45) is 5.92 Å². The average molecular weight is 651 g/mol. The lowest BCUT2D eigenvalue weighted by atomic mass is 9.99. The summed E-state index contributed by atoms with van der Waals surface area (Å²) in [5.41, 5.74) is 1.17. The van der Waals surface area contributed by atoms with Gasteiger partial charge < -0.3 is 25.4 Å². The zero-order chi connectivity index (χ0) is 32.3. The van der Waals surface area contributed by atoms with Gasteiger partial charge in [-0.15, -0.1) is 0 Å². The first-order chi connectivity index (χ1) is 21.5. The molecule has 4 aromatic rings. The Hall–Kier alpha value is -4.16. The van der Waals surface area contributed by atoms with Gasteiger partial charge in [-0.2, -0.15) is 4.31 Å². The van der Waals surface area contributed by atoms with Gasteiger partial charge in [0.2, 0.25) is 10.0 Å². The van der Waals surface area contributed by atoms with E-state index in [1.165, 1.54) is 41.7 Å².